The number of ether oxygens (including phenoxy) is 1. The maximum Gasteiger partial charge on any atom is 0.416 e. The first-order valence-electron chi connectivity index (χ1n) is 6.05. The van der Waals surface area contributed by atoms with Gasteiger partial charge in [0.05, 0.1) is 5.56 Å². The summed E-state index contributed by atoms with van der Waals surface area (Å²) in [4.78, 5) is 0.284. The molecule has 21 heavy (non-hydrogen) atoms. The van der Waals surface area contributed by atoms with E-state index in [0.29, 0.717) is 5.75 Å². The van der Waals surface area contributed by atoms with Gasteiger partial charge in [0.25, 0.3) is 0 Å². The van der Waals surface area contributed by atoms with Crippen LogP contribution >= 0.6 is 12.2 Å². The molecule has 0 unspecified atom stereocenters. The van der Waals surface area contributed by atoms with Gasteiger partial charge in [-0.2, -0.15) is 13.2 Å². The Morgan fingerprint density at radius 2 is 1.76 bits per heavy atom. The molecule has 0 aliphatic rings. The maximum absolute atomic E-state index is 12.4. The lowest BCUT2D eigenvalue weighted by Gasteiger charge is -2.10. The second kappa shape index (κ2) is 6.13. The van der Waals surface area contributed by atoms with Gasteiger partial charge < -0.3 is 10.5 Å². The number of benzene rings is 2. The number of hydrogen-bond acceptors (Lipinski definition) is 2. The van der Waals surface area contributed by atoms with Gasteiger partial charge in [-0.15, -0.1) is 0 Å². The SMILES string of the molecule is NC(=S)c1cccc(COc2ccc(C(F)(F)F)cc2)c1. The largest absolute Gasteiger partial charge is 0.489 e. The van der Waals surface area contributed by atoms with Gasteiger partial charge in [-0.05, 0) is 35.9 Å². The third-order valence-corrected chi connectivity index (χ3v) is 3.03. The minimum atomic E-state index is -4.34. The molecule has 110 valence electrons. The molecule has 0 bridgehead atoms. The Bertz CT molecular complexity index is 638. The van der Waals surface area contributed by atoms with Crippen LogP contribution in [-0.4, -0.2) is 4.99 Å². The highest BCUT2D eigenvalue weighted by Gasteiger charge is 2.29. The zero-order valence-electron chi connectivity index (χ0n) is 10.9. The van der Waals surface area contributed by atoms with Crippen LogP contribution in [0, 0.1) is 0 Å². The molecule has 0 fully saturated rings. The van der Waals surface area contributed by atoms with Crippen LogP contribution < -0.4 is 10.5 Å². The van der Waals surface area contributed by atoms with Crippen LogP contribution in [0.2, 0.25) is 0 Å². The summed E-state index contributed by atoms with van der Waals surface area (Å²) in [5.41, 5.74) is 6.38. The third kappa shape index (κ3) is 4.19. The van der Waals surface area contributed by atoms with E-state index in [4.69, 9.17) is 22.7 Å². The number of thiocarbonyl (C=S) groups is 1. The highest BCUT2D eigenvalue weighted by Crippen LogP contribution is 2.30. The fourth-order valence-electron chi connectivity index (χ4n) is 1.72. The van der Waals surface area contributed by atoms with Crippen molar-refractivity contribution < 1.29 is 17.9 Å². The van der Waals surface area contributed by atoms with E-state index in [1.54, 1.807) is 18.2 Å². The summed E-state index contributed by atoms with van der Waals surface area (Å²) in [5.74, 6) is 0.365. The second-order valence-corrected chi connectivity index (χ2v) is 4.82. The Kier molecular flexibility index (Phi) is 4.47. The molecule has 0 atom stereocenters. The highest BCUT2D eigenvalue weighted by atomic mass is 32.1. The molecule has 0 saturated heterocycles. The van der Waals surface area contributed by atoms with Crippen molar-refractivity contribution in [1.29, 1.82) is 0 Å². The lowest BCUT2D eigenvalue weighted by Crippen LogP contribution is -2.09. The standard InChI is InChI=1S/C15H12F3NOS/c16-15(17,18)12-4-6-13(7-5-12)20-9-10-2-1-3-11(8-10)14(19)21/h1-8H,9H2,(H2,19,21). The maximum atomic E-state index is 12.4. The van der Waals surface area contributed by atoms with Gasteiger partial charge in [0.2, 0.25) is 0 Å². The molecule has 2 rings (SSSR count). The number of rotatable bonds is 4. The van der Waals surface area contributed by atoms with Crippen LogP contribution in [0.15, 0.2) is 48.5 Å². The molecule has 2 aromatic carbocycles. The molecular weight excluding hydrogens is 299 g/mol. The number of nitrogens with two attached hydrogens (primary N) is 1. The van der Waals surface area contributed by atoms with Crippen LogP contribution in [0.25, 0.3) is 0 Å². The lowest BCUT2D eigenvalue weighted by molar-refractivity contribution is -0.137. The van der Waals surface area contributed by atoms with Crippen LogP contribution in [0.1, 0.15) is 16.7 Å². The fourth-order valence-corrected chi connectivity index (χ4v) is 1.85. The molecule has 2 aromatic rings. The predicted molar refractivity (Wildman–Crippen MR) is 78.1 cm³/mol. The van der Waals surface area contributed by atoms with E-state index >= 15 is 0 Å². The van der Waals surface area contributed by atoms with Crippen molar-refractivity contribution >= 4 is 17.2 Å². The number of hydrogen-bond donors (Lipinski definition) is 1. The van der Waals surface area contributed by atoms with E-state index < -0.39 is 11.7 Å². The predicted octanol–water partition coefficient (Wildman–Crippen LogP) is 3.92. The monoisotopic (exact) mass is 311 g/mol. The summed E-state index contributed by atoms with van der Waals surface area (Å²) < 4.78 is 42.7. The Hall–Kier alpha value is -2.08. The molecule has 0 aromatic heterocycles. The molecule has 2 nitrogen and oxygen atoms in total. The van der Waals surface area contributed by atoms with Crippen molar-refractivity contribution in [3.05, 3.63) is 65.2 Å². The first-order valence-corrected chi connectivity index (χ1v) is 6.46. The number of halogens is 3. The van der Waals surface area contributed by atoms with Gasteiger partial charge in [-0.25, -0.2) is 0 Å². The molecule has 2 N–H and O–H groups in total. The lowest BCUT2D eigenvalue weighted by atomic mass is 10.1. The van der Waals surface area contributed by atoms with E-state index in [1.807, 2.05) is 6.07 Å². The molecule has 0 aliphatic heterocycles. The molecular formula is C15H12F3NOS. The summed E-state index contributed by atoms with van der Waals surface area (Å²) in [6.45, 7) is 0.224. The summed E-state index contributed by atoms with van der Waals surface area (Å²) in [5, 5.41) is 0. The zero-order chi connectivity index (χ0) is 15.5. The van der Waals surface area contributed by atoms with Gasteiger partial charge in [-0.1, -0.05) is 30.4 Å². The van der Waals surface area contributed by atoms with Crippen molar-refractivity contribution in [2.45, 2.75) is 12.8 Å². The Balaban J connectivity index is 2.03. The van der Waals surface area contributed by atoms with Crippen molar-refractivity contribution in [3.8, 4) is 5.75 Å². The van der Waals surface area contributed by atoms with Crippen LogP contribution in [0.3, 0.4) is 0 Å². The molecule has 6 heteroatoms. The first-order chi connectivity index (χ1) is 9.86. The van der Waals surface area contributed by atoms with Crippen LogP contribution in [0.5, 0.6) is 5.75 Å². The van der Waals surface area contributed by atoms with E-state index in [-0.39, 0.29) is 11.6 Å². The average Bonchev–Trinajstić information content (AvgIpc) is 2.45. The van der Waals surface area contributed by atoms with Gasteiger partial charge in [0.15, 0.2) is 0 Å². The van der Waals surface area contributed by atoms with E-state index in [0.717, 1.165) is 23.3 Å². The second-order valence-electron chi connectivity index (χ2n) is 4.38. The molecule has 0 heterocycles. The van der Waals surface area contributed by atoms with E-state index in [2.05, 4.69) is 0 Å². The van der Waals surface area contributed by atoms with E-state index in [1.165, 1.54) is 12.1 Å². The van der Waals surface area contributed by atoms with Gasteiger partial charge in [0, 0.05) is 5.56 Å². The summed E-state index contributed by atoms with van der Waals surface area (Å²) in [6.07, 6.45) is -4.34. The van der Waals surface area contributed by atoms with Crippen molar-refractivity contribution in [3.63, 3.8) is 0 Å². The van der Waals surface area contributed by atoms with Crippen molar-refractivity contribution in [2.24, 2.45) is 5.73 Å². The first kappa shape index (κ1) is 15.3. The quantitative estimate of drug-likeness (QED) is 0.869. The average molecular weight is 311 g/mol. The van der Waals surface area contributed by atoms with Gasteiger partial charge >= 0.3 is 6.18 Å². The molecule has 0 radical (unpaired) electrons. The minimum absolute atomic E-state index is 0.224. The van der Waals surface area contributed by atoms with Crippen LogP contribution in [-0.2, 0) is 12.8 Å². The van der Waals surface area contributed by atoms with Gasteiger partial charge in [-0.3, -0.25) is 0 Å². The summed E-state index contributed by atoms with van der Waals surface area (Å²) in [7, 11) is 0. The number of alkyl halides is 3. The van der Waals surface area contributed by atoms with Gasteiger partial charge in [0.1, 0.15) is 17.3 Å². The summed E-state index contributed by atoms with van der Waals surface area (Å²) in [6, 6.07) is 11.7. The smallest absolute Gasteiger partial charge is 0.416 e. The molecule has 0 saturated carbocycles. The van der Waals surface area contributed by atoms with Crippen molar-refractivity contribution in [1.82, 2.24) is 0 Å². The molecule has 0 amide bonds. The highest BCUT2D eigenvalue weighted by molar-refractivity contribution is 7.80. The normalized spacial score (nSPS) is 11.2. The van der Waals surface area contributed by atoms with E-state index in [9.17, 15) is 13.2 Å². The zero-order valence-corrected chi connectivity index (χ0v) is 11.7. The third-order valence-electron chi connectivity index (χ3n) is 2.80. The van der Waals surface area contributed by atoms with Crippen LogP contribution in [0.4, 0.5) is 13.2 Å². The minimum Gasteiger partial charge on any atom is -0.489 e. The Labute approximate surface area is 125 Å². The fraction of sp³-hybridized carbons (Fsp3) is 0.133. The molecule has 0 aliphatic carbocycles. The molecule has 0 spiro atoms. The Morgan fingerprint density at radius 1 is 1.10 bits per heavy atom. The van der Waals surface area contributed by atoms with Crippen molar-refractivity contribution in [2.75, 3.05) is 0 Å². The Morgan fingerprint density at radius 3 is 2.33 bits per heavy atom. The topological polar surface area (TPSA) is 35.2 Å². The summed E-state index contributed by atoms with van der Waals surface area (Å²) >= 11 is 4.88.